The molecule has 1 saturated carbocycles. The Morgan fingerprint density at radius 2 is 1.78 bits per heavy atom. The number of carbonyl (C=O) groups is 2. The van der Waals surface area contributed by atoms with E-state index in [9.17, 15) is 18.4 Å². The van der Waals surface area contributed by atoms with Gasteiger partial charge in [0, 0.05) is 36.9 Å². The van der Waals surface area contributed by atoms with Gasteiger partial charge in [-0.15, -0.1) is 0 Å². The number of pyridine rings is 2. The van der Waals surface area contributed by atoms with Crippen LogP contribution in [0.4, 0.5) is 14.6 Å². The van der Waals surface area contributed by atoms with E-state index in [1.165, 1.54) is 18.5 Å². The van der Waals surface area contributed by atoms with Crippen molar-refractivity contribution in [2.24, 2.45) is 0 Å². The summed E-state index contributed by atoms with van der Waals surface area (Å²) in [5.41, 5.74) is -0.957. The number of fused-ring (bicyclic) bond motifs is 2. The molecule has 0 spiro atoms. The van der Waals surface area contributed by atoms with Gasteiger partial charge in [0.15, 0.2) is 5.60 Å². The number of aromatic nitrogens is 2. The summed E-state index contributed by atoms with van der Waals surface area (Å²) in [6.45, 7) is 3.31. The molecule has 3 unspecified atom stereocenters. The third-order valence-electron chi connectivity index (χ3n) is 7.15. The number of nitrogens with zero attached hydrogens (tertiary/aromatic N) is 3. The van der Waals surface area contributed by atoms with Crippen molar-refractivity contribution in [2.75, 3.05) is 4.90 Å². The molecular formula is C25H27Cl2F2N5O3. The second kappa shape index (κ2) is 9.54. The van der Waals surface area contributed by atoms with Crippen LogP contribution in [0.5, 0.6) is 5.88 Å². The zero-order valence-corrected chi connectivity index (χ0v) is 21.8. The van der Waals surface area contributed by atoms with Gasteiger partial charge >= 0.3 is 0 Å². The molecule has 2 aromatic rings. The standard InChI is InChI=1S/C25H27Cl2F2N5O3/c1-24(2,37-22-18(27)7-14(26)12-31-22)23(36)32-15-8-16-4-5-17(9-15)34(16)20-6-3-13(11-30-20)21(35)33-19-10-25(19,28)29/h3,6-7,11-12,15-17,19H,4-5,8-10H2,1-2H3,(H,32,36)(H,33,35). The number of piperidine rings is 1. The molecule has 8 nitrogen and oxygen atoms in total. The van der Waals surface area contributed by atoms with Crippen molar-refractivity contribution < 1.29 is 23.1 Å². The molecule has 3 aliphatic rings. The minimum Gasteiger partial charge on any atom is -0.460 e. The van der Waals surface area contributed by atoms with Gasteiger partial charge in [-0.05, 0) is 57.7 Å². The fraction of sp³-hybridized carbons (Fsp3) is 0.520. The number of halogens is 4. The quantitative estimate of drug-likeness (QED) is 0.527. The van der Waals surface area contributed by atoms with Crippen LogP contribution in [0.2, 0.25) is 10.0 Å². The second-order valence-electron chi connectivity index (χ2n) is 10.4. The zero-order chi connectivity index (χ0) is 26.5. The fourth-order valence-electron chi connectivity index (χ4n) is 5.08. The number of anilines is 1. The third kappa shape index (κ3) is 5.45. The lowest BCUT2D eigenvalue weighted by Gasteiger charge is -2.40. The van der Waals surface area contributed by atoms with Crippen LogP contribution in [0.3, 0.4) is 0 Å². The molecule has 12 heteroatoms. The molecule has 2 N–H and O–H groups in total. The van der Waals surface area contributed by atoms with E-state index >= 15 is 0 Å². The number of hydrogen-bond donors (Lipinski definition) is 2. The number of amides is 2. The van der Waals surface area contributed by atoms with Crippen LogP contribution in [0, 0.1) is 0 Å². The number of alkyl halides is 2. The first kappa shape index (κ1) is 25.9. The normalized spacial score (nSPS) is 25.9. The molecule has 2 aliphatic heterocycles. The summed E-state index contributed by atoms with van der Waals surface area (Å²) < 4.78 is 32.0. The molecule has 0 aromatic carbocycles. The van der Waals surface area contributed by atoms with Crippen molar-refractivity contribution in [1.82, 2.24) is 20.6 Å². The highest BCUT2D eigenvalue weighted by atomic mass is 35.5. The minimum absolute atomic E-state index is 0.0389. The summed E-state index contributed by atoms with van der Waals surface area (Å²) in [6, 6.07) is 4.09. The summed E-state index contributed by atoms with van der Waals surface area (Å²) in [5, 5.41) is 6.05. The van der Waals surface area contributed by atoms with Crippen LogP contribution >= 0.6 is 23.2 Å². The minimum atomic E-state index is -2.82. The first-order chi connectivity index (χ1) is 17.4. The summed E-state index contributed by atoms with van der Waals surface area (Å²) in [4.78, 5) is 36.1. The van der Waals surface area contributed by atoms with Crippen molar-refractivity contribution in [2.45, 2.75) is 81.6 Å². The molecule has 2 aromatic heterocycles. The van der Waals surface area contributed by atoms with E-state index in [2.05, 4.69) is 25.5 Å². The average Bonchev–Trinajstić information content (AvgIpc) is 3.34. The van der Waals surface area contributed by atoms with Crippen molar-refractivity contribution in [3.63, 3.8) is 0 Å². The van der Waals surface area contributed by atoms with Crippen LogP contribution in [-0.2, 0) is 4.79 Å². The Morgan fingerprint density at radius 1 is 1.11 bits per heavy atom. The topological polar surface area (TPSA) is 96.5 Å². The van der Waals surface area contributed by atoms with Gasteiger partial charge in [-0.2, -0.15) is 0 Å². The molecule has 37 heavy (non-hydrogen) atoms. The van der Waals surface area contributed by atoms with E-state index in [4.69, 9.17) is 27.9 Å². The third-order valence-corrected chi connectivity index (χ3v) is 7.62. The Bertz CT molecular complexity index is 1200. The van der Waals surface area contributed by atoms with Gasteiger partial charge in [-0.1, -0.05) is 23.2 Å². The van der Waals surface area contributed by atoms with Crippen LogP contribution in [0.25, 0.3) is 0 Å². The average molecular weight is 554 g/mol. The molecule has 1 aliphatic carbocycles. The summed E-state index contributed by atoms with van der Waals surface area (Å²) in [6.07, 6.45) is 5.90. The lowest BCUT2D eigenvalue weighted by molar-refractivity contribution is -0.135. The van der Waals surface area contributed by atoms with E-state index < -0.39 is 23.5 Å². The maximum absolute atomic E-state index is 13.1. The van der Waals surface area contributed by atoms with Crippen molar-refractivity contribution in [3.8, 4) is 5.88 Å². The van der Waals surface area contributed by atoms with E-state index in [1.807, 2.05) is 0 Å². The fourth-order valence-corrected chi connectivity index (χ4v) is 5.50. The lowest BCUT2D eigenvalue weighted by atomic mass is 9.96. The highest BCUT2D eigenvalue weighted by Gasteiger charge is 2.58. The Labute approximate surface area is 223 Å². The predicted molar refractivity (Wildman–Crippen MR) is 134 cm³/mol. The molecule has 2 saturated heterocycles. The predicted octanol–water partition coefficient (Wildman–Crippen LogP) is 4.39. The van der Waals surface area contributed by atoms with Crippen molar-refractivity contribution in [1.29, 1.82) is 0 Å². The summed E-state index contributed by atoms with van der Waals surface area (Å²) in [7, 11) is 0. The van der Waals surface area contributed by atoms with Gasteiger partial charge in [0.2, 0.25) is 5.88 Å². The number of hydrogen-bond acceptors (Lipinski definition) is 6. The van der Waals surface area contributed by atoms with E-state index in [0.717, 1.165) is 31.5 Å². The Balaban J connectivity index is 1.18. The maximum atomic E-state index is 13.1. The van der Waals surface area contributed by atoms with Gasteiger partial charge in [0.25, 0.3) is 17.7 Å². The zero-order valence-electron chi connectivity index (χ0n) is 20.3. The molecule has 198 valence electrons. The highest BCUT2D eigenvalue weighted by molar-refractivity contribution is 6.35. The van der Waals surface area contributed by atoms with Gasteiger partial charge in [0.05, 0.1) is 16.6 Å². The number of nitrogens with one attached hydrogen (secondary N) is 2. The van der Waals surface area contributed by atoms with Gasteiger partial charge in [-0.3, -0.25) is 9.59 Å². The first-order valence-corrected chi connectivity index (χ1v) is 12.9. The van der Waals surface area contributed by atoms with E-state index in [0.29, 0.717) is 5.02 Å². The first-order valence-electron chi connectivity index (χ1n) is 12.2. The Hall–Kier alpha value is -2.72. The molecule has 2 amide bonds. The largest absolute Gasteiger partial charge is 0.460 e. The summed E-state index contributed by atoms with van der Waals surface area (Å²) in [5.74, 6) is -2.77. The molecule has 5 rings (SSSR count). The Morgan fingerprint density at radius 3 is 2.35 bits per heavy atom. The van der Waals surface area contributed by atoms with Crippen LogP contribution < -0.4 is 20.3 Å². The smallest absolute Gasteiger partial charge is 0.270 e. The van der Waals surface area contributed by atoms with Gasteiger partial charge in [-0.25, -0.2) is 18.7 Å². The monoisotopic (exact) mass is 553 g/mol. The van der Waals surface area contributed by atoms with E-state index in [-0.39, 0.29) is 46.9 Å². The van der Waals surface area contributed by atoms with Crippen molar-refractivity contribution in [3.05, 3.63) is 46.2 Å². The number of ether oxygens (including phenoxy) is 1. The van der Waals surface area contributed by atoms with Gasteiger partial charge < -0.3 is 20.3 Å². The second-order valence-corrected chi connectivity index (χ2v) is 11.2. The Kier molecular flexibility index (Phi) is 6.68. The van der Waals surface area contributed by atoms with E-state index in [1.54, 1.807) is 26.0 Å². The molecule has 4 heterocycles. The van der Waals surface area contributed by atoms with Crippen LogP contribution in [0.1, 0.15) is 56.3 Å². The number of carbonyl (C=O) groups excluding carboxylic acids is 2. The SMILES string of the molecule is CC(C)(Oc1ncc(Cl)cc1Cl)C(=O)NC1CC2CCC(C1)N2c1ccc(C(=O)NC2CC2(F)F)cn1. The lowest BCUT2D eigenvalue weighted by Crippen LogP contribution is -2.55. The molecule has 2 bridgehead atoms. The molecule has 3 fully saturated rings. The van der Waals surface area contributed by atoms with Crippen LogP contribution in [-0.4, -0.2) is 57.5 Å². The molecular weight excluding hydrogens is 527 g/mol. The maximum Gasteiger partial charge on any atom is 0.270 e. The molecule has 3 atom stereocenters. The highest BCUT2D eigenvalue weighted by Crippen LogP contribution is 2.42. The van der Waals surface area contributed by atoms with Crippen LogP contribution in [0.15, 0.2) is 30.6 Å². The van der Waals surface area contributed by atoms with Crippen molar-refractivity contribution >= 4 is 40.8 Å². The summed E-state index contributed by atoms with van der Waals surface area (Å²) >= 11 is 12.0. The number of rotatable bonds is 7. The van der Waals surface area contributed by atoms with Gasteiger partial charge in [0.1, 0.15) is 10.8 Å². The molecule has 0 radical (unpaired) electrons.